The quantitative estimate of drug-likeness (QED) is 0.650. The summed E-state index contributed by atoms with van der Waals surface area (Å²) < 4.78 is 4.68. The highest BCUT2D eigenvalue weighted by molar-refractivity contribution is 5.80. The van der Waals surface area contributed by atoms with Crippen molar-refractivity contribution >= 4 is 29.0 Å². The maximum absolute atomic E-state index is 11.4. The number of aliphatic hydroxyl groups is 1. The van der Waals surface area contributed by atoms with E-state index in [9.17, 15) is 9.90 Å². The third-order valence-corrected chi connectivity index (χ3v) is 4.57. The number of nitrogens with zero attached hydrogens (tertiary/aromatic N) is 1. The summed E-state index contributed by atoms with van der Waals surface area (Å²) in [7, 11) is 1.35. The third kappa shape index (κ3) is 4.80. The van der Waals surface area contributed by atoms with Gasteiger partial charge in [-0.1, -0.05) is 55.5 Å². The lowest BCUT2D eigenvalue weighted by Crippen LogP contribution is -2.15. The van der Waals surface area contributed by atoms with Crippen molar-refractivity contribution in [3.63, 3.8) is 0 Å². The highest BCUT2D eigenvalue weighted by Crippen LogP contribution is 2.26. The standard InChI is InChI=1S/C23H23NO3/c1-16(14-22(25)27-2)23(26)19-8-5-6-17(15-19)10-12-20-13-11-18-7-3-4-9-21(18)24-20/h3-13,15-16,23,26H,14H2,1-2H3/b12-10+. The van der Waals surface area contributed by atoms with Crippen LogP contribution in [0.1, 0.15) is 36.3 Å². The molecule has 3 aromatic rings. The van der Waals surface area contributed by atoms with E-state index in [1.165, 1.54) is 7.11 Å². The predicted octanol–water partition coefficient (Wildman–Crippen LogP) is 4.64. The number of pyridine rings is 1. The molecule has 1 aromatic heterocycles. The smallest absolute Gasteiger partial charge is 0.305 e. The second-order valence-corrected chi connectivity index (χ2v) is 6.63. The molecule has 2 atom stereocenters. The number of esters is 1. The number of hydrogen-bond acceptors (Lipinski definition) is 4. The minimum atomic E-state index is -0.726. The first-order valence-corrected chi connectivity index (χ1v) is 8.95. The Kier molecular flexibility index (Phi) is 5.99. The summed E-state index contributed by atoms with van der Waals surface area (Å²) in [5, 5.41) is 11.6. The molecule has 0 radical (unpaired) electrons. The van der Waals surface area contributed by atoms with Gasteiger partial charge in [0.2, 0.25) is 0 Å². The summed E-state index contributed by atoms with van der Waals surface area (Å²) in [6.07, 6.45) is 3.38. The average Bonchev–Trinajstić information content (AvgIpc) is 2.71. The Balaban J connectivity index is 1.76. The van der Waals surface area contributed by atoms with Gasteiger partial charge in [0.25, 0.3) is 0 Å². The molecule has 27 heavy (non-hydrogen) atoms. The Morgan fingerprint density at radius 1 is 1.11 bits per heavy atom. The number of carbonyl (C=O) groups is 1. The summed E-state index contributed by atoms with van der Waals surface area (Å²) in [6.45, 7) is 1.84. The van der Waals surface area contributed by atoms with Gasteiger partial charge in [-0.25, -0.2) is 4.98 Å². The second kappa shape index (κ2) is 8.60. The number of rotatable bonds is 6. The van der Waals surface area contributed by atoms with Crippen molar-refractivity contribution < 1.29 is 14.6 Å². The van der Waals surface area contributed by atoms with Gasteiger partial charge in [0, 0.05) is 5.39 Å². The number of benzene rings is 2. The Morgan fingerprint density at radius 3 is 2.74 bits per heavy atom. The van der Waals surface area contributed by atoms with E-state index in [-0.39, 0.29) is 18.3 Å². The fraction of sp³-hybridized carbons (Fsp3) is 0.217. The molecule has 0 spiro atoms. The van der Waals surface area contributed by atoms with Gasteiger partial charge in [-0.3, -0.25) is 4.79 Å². The summed E-state index contributed by atoms with van der Waals surface area (Å²) in [4.78, 5) is 16.1. The molecule has 0 saturated heterocycles. The van der Waals surface area contributed by atoms with Gasteiger partial charge in [-0.2, -0.15) is 0 Å². The number of carbonyl (C=O) groups excluding carboxylic acids is 1. The molecule has 0 saturated carbocycles. The number of para-hydroxylation sites is 1. The first-order valence-electron chi connectivity index (χ1n) is 8.95. The molecule has 0 aliphatic heterocycles. The zero-order chi connectivity index (χ0) is 19.2. The Hall–Kier alpha value is -2.98. The van der Waals surface area contributed by atoms with Gasteiger partial charge in [0.05, 0.1) is 30.8 Å². The van der Waals surface area contributed by atoms with Gasteiger partial charge in [-0.15, -0.1) is 0 Å². The molecule has 3 rings (SSSR count). The second-order valence-electron chi connectivity index (χ2n) is 6.63. The van der Waals surface area contributed by atoms with Crippen LogP contribution >= 0.6 is 0 Å². The van der Waals surface area contributed by atoms with Gasteiger partial charge < -0.3 is 9.84 Å². The molecule has 0 aliphatic rings. The van der Waals surface area contributed by atoms with E-state index in [1.54, 1.807) is 0 Å². The summed E-state index contributed by atoms with van der Waals surface area (Å²) in [5.41, 5.74) is 3.57. The molecule has 138 valence electrons. The first kappa shape index (κ1) is 18.8. The lowest BCUT2D eigenvalue weighted by atomic mass is 9.93. The molecular weight excluding hydrogens is 338 g/mol. The van der Waals surface area contributed by atoms with Gasteiger partial charge in [-0.05, 0) is 41.3 Å². The van der Waals surface area contributed by atoms with Crippen molar-refractivity contribution in [1.82, 2.24) is 4.98 Å². The number of aromatic nitrogens is 1. The Morgan fingerprint density at radius 2 is 1.93 bits per heavy atom. The number of methoxy groups -OCH3 is 1. The van der Waals surface area contributed by atoms with E-state index in [4.69, 9.17) is 0 Å². The number of ether oxygens (including phenoxy) is 1. The van der Waals surface area contributed by atoms with Crippen molar-refractivity contribution in [3.8, 4) is 0 Å². The highest BCUT2D eigenvalue weighted by atomic mass is 16.5. The summed E-state index contributed by atoms with van der Waals surface area (Å²) in [6, 6.07) is 19.7. The molecule has 1 heterocycles. The predicted molar refractivity (Wildman–Crippen MR) is 108 cm³/mol. The molecule has 1 N–H and O–H groups in total. The van der Waals surface area contributed by atoms with Crippen LogP contribution in [-0.2, 0) is 9.53 Å². The molecule has 4 nitrogen and oxygen atoms in total. The maximum atomic E-state index is 11.4. The van der Waals surface area contributed by atoms with Crippen molar-refractivity contribution in [1.29, 1.82) is 0 Å². The molecule has 4 heteroatoms. The van der Waals surface area contributed by atoms with Crippen LogP contribution in [0.15, 0.2) is 60.7 Å². The fourth-order valence-electron chi connectivity index (χ4n) is 2.99. The molecule has 2 unspecified atom stereocenters. The van der Waals surface area contributed by atoms with Gasteiger partial charge in [0.15, 0.2) is 0 Å². The largest absolute Gasteiger partial charge is 0.469 e. The number of fused-ring (bicyclic) bond motifs is 1. The van der Waals surface area contributed by atoms with E-state index in [1.807, 2.05) is 73.7 Å². The van der Waals surface area contributed by atoms with Gasteiger partial charge in [0.1, 0.15) is 0 Å². The summed E-state index contributed by atoms with van der Waals surface area (Å²) >= 11 is 0. The van der Waals surface area contributed by atoms with Gasteiger partial charge >= 0.3 is 5.97 Å². The topological polar surface area (TPSA) is 59.4 Å². The molecular formula is C23H23NO3. The van der Waals surface area contributed by atoms with Crippen LogP contribution in [0.3, 0.4) is 0 Å². The van der Waals surface area contributed by atoms with E-state index in [0.29, 0.717) is 0 Å². The molecule has 0 amide bonds. The minimum absolute atomic E-state index is 0.179. The van der Waals surface area contributed by atoms with E-state index in [2.05, 4.69) is 15.8 Å². The fourth-order valence-corrected chi connectivity index (χ4v) is 2.99. The van der Waals surface area contributed by atoms with Crippen LogP contribution in [0.5, 0.6) is 0 Å². The van der Waals surface area contributed by atoms with Crippen LogP contribution in [0, 0.1) is 5.92 Å². The zero-order valence-corrected chi connectivity index (χ0v) is 15.5. The molecule has 0 bridgehead atoms. The Bertz CT molecular complexity index is 965. The zero-order valence-electron chi connectivity index (χ0n) is 15.5. The van der Waals surface area contributed by atoms with E-state index >= 15 is 0 Å². The van der Waals surface area contributed by atoms with Crippen LogP contribution in [-0.4, -0.2) is 23.2 Å². The van der Waals surface area contributed by atoms with Crippen molar-refractivity contribution in [2.45, 2.75) is 19.4 Å². The maximum Gasteiger partial charge on any atom is 0.305 e. The molecule has 2 aromatic carbocycles. The average molecular weight is 361 g/mol. The lowest BCUT2D eigenvalue weighted by molar-refractivity contribution is -0.142. The first-order chi connectivity index (χ1) is 13.1. The monoisotopic (exact) mass is 361 g/mol. The van der Waals surface area contributed by atoms with E-state index < -0.39 is 6.10 Å². The van der Waals surface area contributed by atoms with Crippen molar-refractivity contribution in [2.75, 3.05) is 7.11 Å². The third-order valence-electron chi connectivity index (χ3n) is 4.57. The van der Waals surface area contributed by atoms with Crippen LogP contribution in [0.2, 0.25) is 0 Å². The molecule has 0 fully saturated rings. The van der Waals surface area contributed by atoms with Crippen molar-refractivity contribution in [2.24, 2.45) is 5.92 Å². The normalized spacial score (nSPS) is 13.6. The molecule has 0 aliphatic carbocycles. The van der Waals surface area contributed by atoms with Crippen LogP contribution < -0.4 is 0 Å². The summed E-state index contributed by atoms with van der Waals surface area (Å²) in [5.74, 6) is -0.543. The number of aliphatic hydroxyl groups excluding tert-OH is 1. The SMILES string of the molecule is COC(=O)CC(C)C(O)c1cccc(/C=C/c2ccc3ccccc3n2)c1. The van der Waals surface area contributed by atoms with E-state index in [0.717, 1.165) is 27.7 Å². The van der Waals surface area contributed by atoms with Crippen molar-refractivity contribution in [3.05, 3.63) is 77.5 Å². The van der Waals surface area contributed by atoms with Crippen LogP contribution in [0.25, 0.3) is 23.1 Å². The highest BCUT2D eigenvalue weighted by Gasteiger charge is 2.19. The van der Waals surface area contributed by atoms with Crippen LogP contribution in [0.4, 0.5) is 0 Å². The Labute approximate surface area is 159 Å². The lowest BCUT2D eigenvalue weighted by Gasteiger charge is -2.18. The minimum Gasteiger partial charge on any atom is -0.469 e. The number of hydrogen-bond donors (Lipinski definition) is 1.